The third-order valence-corrected chi connectivity index (χ3v) is 5.83. The maximum absolute atomic E-state index is 12.6. The summed E-state index contributed by atoms with van der Waals surface area (Å²) in [5.41, 5.74) is -6.25. The molecule has 0 aromatic heterocycles. The van der Waals surface area contributed by atoms with Crippen molar-refractivity contribution >= 4 is 21.2 Å². The van der Waals surface area contributed by atoms with Crippen molar-refractivity contribution in [2.45, 2.75) is 16.8 Å². The second-order valence-electron chi connectivity index (χ2n) is 6.21. The van der Waals surface area contributed by atoms with Gasteiger partial charge in [0, 0.05) is 32.8 Å². The third kappa shape index (κ3) is 5.08. The maximum atomic E-state index is 12.6. The highest BCUT2D eigenvalue weighted by molar-refractivity contribution is 7.92. The molecular weight excluding hydrogens is 391 g/mol. The van der Waals surface area contributed by atoms with Crippen LogP contribution >= 0.6 is 0 Å². The van der Waals surface area contributed by atoms with Gasteiger partial charge in [0.2, 0.25) is 0 Å². The molecule has 1 aliphatic rings. The highest BCUT2D eigenvalue weighted by Gasteiger charge is 2.47. The first-order valence-corrected chi connectivity index (χ1v) is 9.59. The summed E-state index contributed by atoms with van der Waals surface area (Å²) >= 11 is 0. The molecular formula is C15H20F3N3O5S. The first kappa shape index (κ1) is 21.4. The predicted molar refractivity (Wildman–Crippen MR) is 91.2 cm³/mol. The molecule has 1 aromatic carbocycles. The van der Waals surface area contributed by atoms with Crippen molar-refractivity contribution in [2.24, 2.45) is 5.92 Å². The molecule has 2 rings (SSSR count). The number of hydrogen-bond donors (Lipinski definition) is 1. The van der Waals surface area contributed by atoms with Crippen LogP contribution in [0.5, 0.6) is 0 Å². The van der Waals surface area contributed by atoms with E-state index in [0.29, 0.717) is 19.2 Å². The lowest BCUT2D eigenvalue weighted by atomic mass is 10.1. The molecule has 27 heavy (non-hydrogen) atoms. The average Bonchev–Trinajstić information content (AvgIpc) is 3.04. The Morgan fingerprint density at radius 2 is 2.11 bits per heavy atom. The molecule has 0 radical (unpaired) electrons. The van der Waals surface area contributed by atoms with E-state index in [2.05, 4.69) is 10.2 Å². The fraction of sp³-hybridized carbons (Fsp3) is 0.600. The van der Waals surface area contributed by atoms with Gasteiger partial charge in [-0.15, -0.1) is 0 Å². The molecule has 1 fully saturated rings. The van der Waals surface area contributed by atoms with E-state index in [0.717, 1.165) is 38.2 Å². The van der Waals surface area contributed by atoms with E-state index in [9.17, 15) is 31.7 Å². The topological polar surface area (TPSA) is 102 Å². The average molecular weight is 411 g/mol. The quantitative estimate of drug-likeness (QED) is 0.517. The highest BCUT2D eigenvalue weighted by atomic mass is 32.2. The number of halogens is 3. The lowest BCUT2D eigenvalue weighted by molar-refractivity contribution is -0.384. The Morgan fingerprint density at radius 1 is 1.41 bits per heavy atom. The molecule has 1 aromatic rings. The lowest BCUT2D eigenvalue weighted by Crippen LogP contribution is -2.26. The van der Waals surface area contributed by atoms with Crippen molar-refractivity contribution in [1.82, 2.24) is 4.90 Å². The SMILES string of the molecule is COCCN1CCC(CNc2ccc(S(=O)(=O)C(F)(F)F)cc2[N+](=O)[O-])C1. The predicted octanol–water partition coefficient (Wildman–Crippen LogP) is 2.27. The number of ether oxygens (including phenoxy) is 1. The molecule has 0 amide bonds. The Balaban J connectivity index is 2.11. The van der Waals surface area contributed by atoms with Crippen molar-refractivity contribution in [3.63, 3.8) is 0 Å². The fourth-order valence-corrected chi connectivity index (χ4v) is 3.65. The number of nitro benzene ring substituents is 1. The van der Waals surface area contributed by atoms with E-state index < -0.39 is 30.9 Å². The van der Waals surface area contributed by atoms with Gasteiger partial charge in [-0.1, -0.05) is 0 Å². The molecule has 1 saturated heterocycles. The first-order valence-electron chi connectivity index (χ1n) is 8.11. The first-order chi connectivity index (χ1) is 12.6. The van der Waals surface area contributed by atoms with E-state index >= 15 is 0 Å². The van der Waals surface area contributed by atoms with Crippen molar-refractivity contribution in [3.8, 4) is 0 Å². The van der Waals surface area contributed by atoms with Crippen LogP contribution in [0.4, 0.5) is 24.5 Å². The van der Waals surface area contributed by atoms with Gasteiger partial charge in [0.05, 0.1) is 16.4 Å². The normalized spacial score (nSPS) is 18.6. The summed E-state index contributed by atoms with van der Waals surface area (Å²) in [6.07, 6.45) is 0.866. The van der Waals surface area contributed by atoms with E-state index in [-0.39, 0.29) is 11.6 Å². The molecule has 12 heteroatoms. The van der Waals surface area contributed by atoms with Crippen LogP contribution in [0.3, 0.4) is 0 Å². The van der Waals surface area contributed by atoms with Crippen molar-refractivity contribution < 1.29 is 31.2 Å². The van der Waals surface area contributed by atoms with Crippen LogP contribution in [-0.2, 0) is 14.6 Å². The van der Waals surface area contributed by atoms with E-state index in [1.54, 1.807) is 7.11 Å². The van der Waals surface area contributed by atoms with Crippen LogP contribution in [0.15, 0.2) is 23.1 Å². The minimum absolute atomic E-state index is 0.0172. The zero-order valence-electron chi connectivity index (χ0n) is 14.5. The summed E-state index contributed by atoms with van der Waals surface area (Å²) in [7, 11) is -4.04. The summed E-state index contributed by atoms with van der Waals surface area (Å²) in [6.45, 7) is 3.39. The van der Waals surface area contributed by atoms with Gasteiger partial charge in [0.25, 0.3) is 15.5 Å². The molecule has 1 N–H and O–H groups in total. The van der Waals surface area contributed by atoms with Crippen LogP contribution in [0.1, 0.15) is 6.42 Å². The Morgan fingerprint density at radius 3 is 2.70 bits per heavy atom. The van der Waals surface area contributed by atoms with E-state index in [1.165, 1.54) is 0 Å². The number of anilines is 1. The molecule has 1 heterocycles. The van der Waals surface area contributed by atoms with Gasteiger partial charge < -0.3 is 15.0 Å². The molecule has 0 saturated carbocycles. The molecule has 1 unspecified atom stereocenters. The molecule has 0 aliphatic carbocycles. The highest BCUT2D eigenvalue weighted by Crippen LogP contribution is 2.34. The van der Waals surface area contributed by atoms with Crippen LogP contribution in [-0.4, -0.2) is 63.6 Å². The summed E-state index contributed by atoms with van der Waals surface area (Å²) in [5.74, 6) is 0.208. The standard InChI is InChI=1S/C15H20F3N3O5S/c1-26-7-6-20-5-4-11(10-20)9-19-13-3-2-12(8-14(13)21(22)23)27(24,25)15(16,17)18/h2-3,8,11,19H,4-7,9-10H2,1H3. The third-order valence-electron chi connectivity index (χ3n) is 4.34. The Bertz CT molecular complexity index is 785. The summed E-state index contributed by atoms with van der Waals surface area (Å²) in [6, 6.07) is 2.15. The Labute approximate surface area is 154 Å². The van der Waals surface area contributed by atoms with Gasteiger partial charge in [0.1, 0.15) is 5.69 Å². The summed E-state index contributed by atoms with van der Waals surface area (Å²) < 4.78 is 65.8. The lowest BCUT2D eigenvalue weighted by Gasteiger charge is -2.16. The second kappa shape index (κ2) is 8.40. The van der Waals surface area contributed by atoms with Crippen molar-refractivity contribution in [1.29, 1.82) is 0 Å². The maximum Gasteiger partial charge on any atom is 0.501 e. The number of nitrogens with one attached hydrogen (secondary N) is 1. The van der Waals surface area contributed by atoms with Crippen LogP contribution in [0, 0.1) is 16.0 Å². The van der Waals surface area contributed by atoms with E-state index in [1.807, 2.05) is 0 Å². The molecule has 1 aliphatic heterocycles. The van der Waals surface area contributed by atoms with Crippen LogP contribution in [0.2, 0.25) is 0 Å². The largest absolute Gasteiger partial charge is 0.501 e. The smallest absolute Gasteiger partial charge is 0.383 e. The zero-order chi connectivity index (χ0) is 20.2. The van der Waals surface area contributed by atoms with Gasteiger partial charge in [0.15, 0.2) is 0 Å². The van der Waals surface area contributed by atoms with Gasteiger partial charge in [-0.3, -0.25) is 10.1 Å². The second-order valence-corrected chi connectivity index (χ2v) is 8.16. The van der Waals surface area contributed by atoms with Crippen LogP contribution < -0.4 is 5.32 Å². The van der Waals surface area contributed by atoms with Crippen molar-refractivity contribution in [2.75, 3.05) is 45.2 Å². The minimum Gasteiger partial charge on any atom is -0.383 e. The number of likely N-dealkylation sites (tertiary alicyclic amines) is 1. The Kier molecular flexibility index (Phi) is 6.65. The van der Waals surface area contributed by atoms with Gasteiger partial charge in [-0.25, -0.2) is 8.42 Å². The van der Waals surface area contributed by atoms with Crippen molar-refractivity contribution in [3.05, 3.63) is 28.3 Å². The van der Waals surface area contributed by atoms with Gasteiger partial charge >= 0.3 is 5.51 Å². The molecule has 0 bridgehead atoms. The van der Waals surface area contributed by atoms with Gasteiger partial charge in [-0.2, -0.15) is 13.2 Å². The zero-order valence-corrected chi connectivity index (χ0v) is 15.3. The number of rotatable bonds is 8. The number of alkyl halides is 3. The number of sulfone groups is 1. The number of hydrogen-bond acceptors (Lipinski definition) is 7. The number of methoxy groups -OCH3 is 1. The number of nitrogens with zero attached hydrogens (tertiary/aromatic N) is 2. The molecule has 1 atom stereocenters. The molecule has 8 nitrogen and oxygen atoms in total. The number of nitro groups is 1. The van der Waals surface area contributed by atoms with Crippen LogP contribution in [0.25, 0.3) is 0 Å². The van der Waals surface area contributed by atoms with E-state index in [4.69, 9.17) is 4.74 Å². The number of benzene rings is 1. The minimum atomic E-state index is -5.65. The van der Waals surface area contributed by atoms with Gasteiger partial charge in [-0.05, 0) is 31.0 Å². The fourth-order valence-electron chi connectivity index (χ4n) is 2.87. The molecule has 0 spiro atoms. The Hall–Kier alpha value is -1.92. The summed E-state index contributed by atoms with van der Waals surface area (Å²) in [5, 5.41) is 14.0. The summed E-state index contributed by atoms with van der Waals surface area (Å²) in [4.78, 5) is 11.3. The monoisotopic (exact) mass is 411 g/mol. The molecule has 152 valence electrons.